The Hall–Kier alpha value is -3.68. The van der Waals surface area contributed by atoms with Crippen molar-refractivity contribution in [3.8, 4) is 0 Å². The van der Waals surface area contributed by atoms with Gasteiger partial charge in [0.1, 0.15) is 116 Å². The summed E-state index contributed by atoms with van der Waals surface area (Å²) in [6, 6.07) is -4.64. The molecule has 0 bridgehead atoms. The Kier molecular flexibility index (Phi) is 48.2. The lowest BCUT2D eigenvalue weighted by Crippen LogP contribution is -2.71. The molecule has 34 heteroatoms. The Balaban J connectivity index is 1.25. The summed E-state index contributed by atoms with van der Waals surface area (Å²) in [5.74, 6) is -7.18. The van der Waals surface area contributed by atoms with Crippen LogP contribution in [0.25, 0.3) is 0 Å². The highest BCUT2D eigenvalue weighted by molar-refractivity contribution is 5.77. The summed E-state index contributed by atoms with van der Waals surface area (Å²) in [5, 5.41) is 196. The van der Waals surface area contributed by atoms with Crippen LogP contribution in [-0.4, -0.2) is 321 Å². The highest BCUT2D eigenvalue weighted by Gasteiger charge is 2.60. The van der Waals surface area contributed by atoms with Crippen molar-refractivity contribution >= 4 is 23.7 Å². The van der Waals surface area contributed by atoms with Crippen molar-refractivity contribution in [1.82, 2.24) is 16.0 Å². The molecule has 5 fully saturated rings. The summed E-state index contributed by atoms with van der Waals surface area (Å²) in [6.45, 7) is 0.597. The standard InChI is InChI=1S/C79H141N3O31/c1-5-7-9-11-13-15-17-19-20-21-22-23-24-25-26-28-30-32-34-36-38-40-58(92)82-50(51(89)39-37-35-33-31-29-27-18-16-14-12-10-8-6-2)46-104-75-68(100)65(97)71(55(44-85)107-75)111-77-69(101)66(98)70(56(45-86)108-77)110-74-60(81-49(4)88)72(112-76-67(99)64(96)62(94)54(43-84)106-76)63(95)57(109-74)47-105-79(78(102)103)41-52(90)59(80-48(3)87)73(113-79)61(93)53(91)42-83/h19-20,37,39,50-57,59-77,83-86,89-91,93-101H,5-18,21-36,38,40-47H2,1-4H3,(H,80,87)(H,81,88)(H,82,92)(H,102,103)/b20-19-,39-37+/t50-,51+,52?,53+,54?,55?,56?,57?,59+,60?,61+,62-,63-,64-,65+,66+,67?,68?,69?,70-,71+,72+,73?,74-,75+,76-,77-,79+/m0/s1. The van der Waals surface area contributed by atoms with E-state index in [1.807, 2.05) is 6.08 Å². The third-order valence-electron chi connectivity index (χ3n) is 21.7. The predicted molar refractivity (Wildman–Crippen MR) is 406 cm³/mol. The van der Waals surface area contributed by atoms with Crippen molar-refractivity contribution in [1.29, 1.82) is 0 Å². The maximum absolute atomic E-state index is 13.6. The van der Waals surface area contributed by atoms with Gasteiger partial charge in [0.05, 0.1) is 63.9 Å². The van der Waals surface area contributed by atoms with Crippen molar-refractivity contribution in [2.24, 2.45) is 0 Å². The first kappa shape index (κ1) is 99.9. The van der Waals surface area contributed by atoms with Crippen LogP contribution in [0.5, 0.6) is 0 Å². The number of carboxylic acids is 1. The zero-order valence-electron chi connectivity index (χ0n) is 66.8. The summed E-state index contributed by atoms with van der Waals surface area (Å²) >= 11 is 0. The Morgan fingerprint density at radius 3 is 1.36 bits per heavy atom. The van der Waals surface area contributed by atoms with Gasteiger partial charge in [-0.05, 0) is 44.9 Å². The van der Waals surface area contributed by atoms with E-state index in [1.165, 1.54) is 128 Å². The van der Waals surface area contributed by atoms with Crippen LogP contribution in [0.15, 0.2) is 24.3 Å². The van der Waals surface area contributed by atoms with Crippen molar-refractivity contribution in [3.63, 3.8) is 0 Å². The van der Waals surface area contributed by atoms with Crippen LogP contribution in [0, 0.1) is 0 Å². The minimum atomic E-state index is -3.08. The van der Waals surface area contributed by atoms with E-state index in [1.54, 1.807) is 6.08 Å². The number of aliphatic carboxylic acids is 1. The van der Waals surface area contributed by atoms with Crippen molar-refractivity contribution < 1.29 is 153 Å². The zero-order valence-corrected chi connectivity index (χ0v) is 66.8. The SMILES string of the molecule is CCCCCCCC/C=C\CCCCCCCCCCCCCC(=O)N[C@@H](CO[C@@H]1OC(CO)[C@@H](O[C@@H]2OC(CO)[C@H](O[C@@H]3OC(CO[C@]4(C(=O)O)CC(O)[C@@H](NC(C)=O)C([C@H](O)[C@H](O)CO)O4)[C@H](O)[C@H](O[C@@H]4OC(CO)[C@H](O)[C@H](O)C4O)C3NC(C)=O)[C@H](O)C2O)[C@H](O)C1O)[C@H](O)/C=C/CCCCCCCCCCCCC. The maximum Gasteiger partial charge on any atom is 0.364 e. The molecule has 0 aromatic carbocycles. The molecule has 0 spiro atoms. The zero-order chi connectivity index (χ0) is 83.0. The van der Waals surface area contributed by atoms with Crippen molar-refractivity contribution in [2.75, 3.05) is 39.6 Å². The molecule has 5 saturated heterocycles. The first-order valence-electron chi connectivity index (χ1n) is 41.7. The maximum atomic E-state index is 13.6. The molecule has 0 aliphatic carbocycles. The minimum absolute atomic E-state index is 0.164. The predicted octanol–water partition coefficient (Wildman–Crippen LogP) is 1.07. The van der Waals surface area contributed by atoms with Crippen molar-refractivity contribution in [3.05, 3.63) is 24.3 Å². The second-order valence-corrected chi connectivity index (χ2v) is 31.1. The Labute approximate surface area is 665 Å². The van der Waals surface area contributed by atoms with E-state index >= 15 is 0 Å². The molecule has 28 atom stereocenters. The van der Waals surface area contributed by atoms with Gasteiger partial charge >= 0.3 is 5.97 Å². The monoisotopic (exact) mass is 1630 g/mol. The third-order valence-corrected chi connectivity index (χ3v) is 21.7. The van der Waals surface area contributed by atoms with E-state index in [2.05, 4.69) is 41.9 Å². The fraction of sp³-hybridized carbons (Fsp3) is 0.899. The van der Waals surface area contributed by atoms with E-state index in [-0.39, 0.29) is 12.3 Å². The van der Waals surface area contributed by atoms with E-state index in [9.17, 15) is 106 Å². The summed E-state index contributed by atoms with van der Waals surface area (Å²) in [5.41, 5.74) is 0. The highest BCUT2D eigenvalue weighted by atomic mass is 16.8. The van der Waals surface area contributed by atoms with Gasteiger partial charge in [0, 0.05) is 26.7 Å². The van der Waals surface area contributed by atoms with Crippen LogP contribution in [-0.2, 0) is 66.5 Å². The molecule has 0 saturated carbocycles. The topological polar surface area (TPSA) is 541 Å². The lowest BCUT2D eigenvalue weighted by Gasteiger charge is -2.51. The van der Waals surface area contributed by atoms with E-state index in [0.717, 1.165) is 71.6 Å². The van der Waals surface area contributed by atoms with Gasteiger partial charge in [-0.2, -0.15) is 0 Å². The molecule has 5 aliphatic heterocycles. The van der Waals surface area contributed by atoms with Gasteiger partial charge in [0.25, 0.3) is 5.79 Å². The molecule has 20 N–H and O–H groups in total. The fourth-order valence-corrected chi connectivity index (χ4v) is 15.0. The third kappa shape index (κ3) is 32.8. The first-order chi connectivity index (χ1) is 54.2. The molecule has 0 aromatic heterocycles. The molecule has 5 heterocycles. The second-order valence-electron chi connectivity index (χ2n) is 31.1. The minimum Gasteiger partial charge on any atom is -0.477 e. The van der Waals surface area contributed by atoms with E-state index < -0.39 is 235 Å². The van der Waals surface area contributed by atoms with E-state index in [0.29, 0.717) is 12.8 Å². The lowest BCUT2D eigenvalue weighted by atomic mass is 9.88. The lowest BCUT2D eigenvalue weighted by molar-refractivity contribution is -0.383. The average Bonchev–Trinajstić information content (AvgIpc) is 0.765. The first-order valence-corrected chi connectivity index (χ1v) is 41.7. The van der Waals surface area contributed by atoms with Gasteiger partial charge in [-0.1, -0.05) is 192 Å². The fourth-order valence-electron chi connectivity index (χ4n) is 15.0. The van der Waals surface area contributed by atoms with Gasteiger partial charge in [-0.25, -0.2) is 4.79 Å². The normalized spacial score (nSPS) is 33.5. The number of carboxylic acid groups (broad SMARTS) is 1. The number of hydrogen-bond acceptors (Lipinski definition) is 30. The molecule has 658 valence electrons. The number of nitrogens with one attached hydrogen (secondary N) is 3. The van der Waals surface area contributed by atoms with Gasteiger partial charge in [0.15, 0.2) is 25.2 Å². The largest absolute Gasteiger partial charge is 0.477 e. The second kappa shape index (κ2) is 54.5. The highest BCUT2D eigenvalue weighted by Crippen LogP contribution is 2.39. The van der Waals surface area contributed by atoms with Crippen LogP contribution >= 0.6 is 0 Å². The Morgan fingerprint density at radius 2 is 0.885 bits per heavy atom. The number of allylic oxidation sites excluding steroid dienone is 3. The van der Waals surface area contributed by atoms with Gasteiger partial charge in [0.2, 0.25) is 17.7 Å². The van der Waals surface area contributed by atoms with Crippen molar-refractivity contribution in [2.45, 2.75) is 411 Å². The van der Waals surface area contributed by atoms with Crippen LogP contribution in [0.4, 0.5) is 0 Å². The van der Waals surface area contributed by atoms with Gasteiger partial charge in [-0.3, -0.25) is 14.4 Å². The summed E-state index contributed by atoms with van der Waals surface area (Å²) in [7, 11) is 0. The quantitative estimate of drug-likeness (QED) is 0.0299. The van der Waals surface area contributed by atoms with Crippen LogP contribution < -0.4 is 16.0 Å². The number of unbranched alkanes of at least 4 members (excludes halogenated alkanes) is 28. The summed E-state index contributed by atoms with van der Waals surface area (Å²) in [4.78, 5) is 52.1. The molecule has 113 heavy (non-hydrogen) atoms. The average molecular weight is 1630 g/mol. The molecule has 0 aromatic rings. The molecule has 10 unspecified atom stereocenters. The molecule has 5 rings (SSSR count). The molecule has 5 aliphatic rings. The van der Waals surface area contributed by atoms with Gasteiger partial charge < -0.3 is 150 Å². The summed E-state index contributed by atoms with van der Waals surface area (Å²) < 4.78 is 59.2. The van der Waals surface area contributed by atoms with Gasteiger partial charge in [-0.15, -0.1) is 0 Å². The van der Waals surface area contributed by atoms with Crippen LogP contribution in [0.1, 0.15) is 240 Å². The number of ether oxygens (including phenoxy) is 10. The number of carbonyl (C=O) groups excluding carboxylic acids is 3. The molecular formula is C79H141N3O31. The number of carbonyl (C=O) groups is 4. The van der Waals surface area contributed by atoms with Crippen LogP contribution in [0.2, 0.25) is 0 Å². The number of hydrogen-bond donors (Lipinski definition) is 20. The summed E-state index contributed by atoms with van der Waals surface area (Å²) in [6.07, 6.45) is -5.00. The molecule has 34 nitrogen and oxygen atoms in total. The number of aliphatic hydroxyl groups is 16. The number of aliphatic hydroxyl groups excluding tert-OH is 16. The number of amides is 3. The molecule has 0 radical (unpaired) electrons. The molecule has 3 amide bonds. The smallest absolute Gasteiger partial charge is 0.364 e. The Morgan fingerprint density at radius 1 is 0.469 bits per heavy atom. The molecular weight excluding hydrogens is 1490 g/mol. The van der Waals surface area contributed by atoms with E-state index in [4.69, 9.17) is 47.4 Å². The van der Waals surface area contributed by atoms with Crippen LogP contribution in [0.3, 0.4) is 0 Å². The number of rotatable bonds is 57. The Bertz CT molecular complexity index is 2660.